The number of carbonyl (C=O) groups excluding carboxylic acids is 1. The zero-order valence-electron chi connectivity index (χ0n) is 20.1. The van der Waals surface area contributed by atoms with Crippen LogP contribution in [0.1, 0.15) is 53.1 Å². The number of carbonyl (C=O) groups is 1. The zero-order chi connectivity index (χ0) is 25.6. The van der Waals surface area contributed by atoms with Crippen LogP contribution in [0, 0.1) is 0 Å². The molecule has 184 valence electrons. The highest BCUT2D eigenvalue weighted by Gasteiger charge is 2.42. The predicted molar refractivity (Wildman–Crippen MR) is 143 cm³/mol. The highest BCUT2D eigenvalue weighted by Crippen LogP contribution is 2.43. The van der Waals surface area contributed by atoms with Gasteiger partial charge in [-0.05, 0) is 61.4 Å². The van der Waals surface area contributed by atoms with Gasteiger partial charge in [-0.1, -0.05) is 47.5 Å². The molecule has 2 aromatic heterocycles. The summed E-state index contributed by atoms with van der Waals surface area (Å²) in [5.41, 5.74) is 3.58. The first kappa shape index (κ1) is 24.2. The third-order valence-electron chi connectivity index (χ3n) is 6.48. The van der Waals surface area contributed by atoms with Crippen molar-refractivity contribution in [1.29, 1.82) is 0 Å². The van der Waals surface area contributed by atoms with E-state index in [9.17, 15) is 9.59 Å². The monoisotopic (exact) mass is 521 g/mol. The van der Waals surface area contributed by atoms with E-state index in [4.69, 9.17) is 27.9 Å². The largest absolute Gasteiger partial charge is 0.497 e. The van der Waals surface area contributed by atoms with Crippen molar-refractivity contribution in [3.8, 4) is 5.75 Å². The van der Waals surface area contributed by atoms with Crippen molar-refractivity contribution < 1.29 is 9.53 Å². The molecule has 0 bridgehead atoms. The van der Waals surface area contributed by atoms with E-state index in [0.717, 1.165) is 22.6 Å². The molecule has 0 spiro atoms. The summed E-state index contributed by atoms with van der Waals surface area (Å²) >= 11 is 12.6. The van der Waals surface area contributed by atoms with Crippen molar-refractivity contribution in [3.63, 3.8) is 0 Å². The Morgan fingerprint density at radius 1 is 0.972 bits per heavy atom. The number of benzene rings is 2. The number of hydrogen-bond donors (Lipinski definition) is 0. The molecular weight excluding hydrogens is 497 g/mol. The van der Waals surface area contributed by atoms with E-state index in [2.05, 4.69) is 18.4 Å². The number of ether oxygens (including phenoxy) is 1. The van der Waals surface area contributed by atoms with Crippen molar-refractivity contribution in [1.82, 2.24) is 9.13 Å². The van der Waals surface area contributed by atoms with Gasteiger partial charge in [0.1, 0.15) is 16.8 Å². The molecule has 0 aliphatic carbocycles. The molecule has 0 saturated heterocycles. The number of aromatic nitrogens is 2. The van der Waals surface area contributed by atoms with Crippen LogP contribution >= 0.6 is 23.2 Å². The second kappa shape index (κ2) is 9.52. The maximum absolute atomic E-state index is 13.8. The Balaban J connectivity index is 1.63. The fourth-order valence-electron chi connectivity index (χ4n) is 4.73. The van der Waals surface area contributed by atoms with Gasteiger partial charge in [-0.15, -0.1) is 0 Å². The Morgan fingerprint density at radius 3 is 2.31 bits per heavy atom. The summed E-state index contributed by atoms with van der Waals surface area (Å²) in [7, 11) is 1.61. The average Bonchev–Trinajstić information content (AvgIpc) is 3.42. The first-order chi connectivity index (χ1) is 17.3. The van der Waals surface area contributed by atoms with Gasteiger partial charge in [0.25, 0.3) is 11.5 Å². The smallest absolute Gasteiger partial charge is 0.269 e. The third kappa shape index (κ3) is 4.21. The maximum Gasteiger partial charge on any atom is 0.269 e. The minimum atomic E-state index is -0.398. The van der Waals surface area contributed by atoms with Crippen LogP contribution in [0.3, 0.4) is 0 Å². The molecule has 2 aromatic carbocycles. The van der Waals surface area contributed by atoms with Gasteiger partial charge in [-0.25, -0.2) is 0 Å². The van der Waals surface area contributed by atoms with Gasteiger partial charge in [0, 0.05) is 23.5 Å². The van der Waals surface area contributed by atoms with E-state index in [1.54, 1.807) is 24.3 Å². The van der Waals surface area contributed by atoms with E-state index in [1.165, 1.54) is 4.57 Å². The normalized spacial score (nSPS) is 15.0. The van der Waals surface area contributed by atoms with E-state index in [1.807, 2.05) is 60.8 Å². The van der Waals surface area contributed by atoms with Gasteiger partial charge in [-0.3, -0.25) is 14.5 Å². The van der Waals surface area contributed by atoms with E-state index in [0.29, 0.717) is 22.8 Å². The quantitative estimate of drug-likeness (QED) is 0.297. The molecule has 1 aliphatic heterocycles. The van der Waals surface area contributed by atoms with Crippen LogP contribution in [0.2, 0.25) is 10.0 Å². The van der Waals surface area contributed by atoms with Gasteiger partial charge < -0.3 is 13.9 Å². The molecule has 1 amide bonds. The summed E-state index contributed by atoms with van der Waals surface area (Å²) in [6.45, 7) is 4.46. The van der Waals surface area contributed by atoms with Gasteiger partial charge >= 0.3 is 0 Å². The van der Waals surface area contributed by atoms with Crippen LogP contribution in [0.5, 0.6) is 5.75 Å². The summed E-state index contributed by atoms with van der Waals surface area (Å²) in [5, 5.41) is 0.664. The zero-order valence-corrected chi connectivity index (χ0v) is 21.6. The van der Waals surface area contributed by atoms with Crippen molar-refractivity contribution in [3.05, 3.63) is 116 Å². The molecule has 6 nitrogen and oxygen atoms in total. The number of hydrogen-bond acceptors (Lipinski definition) is 3. The number of methoxy groups -OCH3 is 1. The topological polar surface area (TPSA) is 56.5 Å². The van der Waals surface area contributed by atoms with Gasteiger partial charge in [0.2, 0.25) is 0 Å². The lowest BCUT2D eigenvalue weighted by Crippen LogP contribution is -2.32. The number of halogens is 2. The molecule has 36 heavy (non-hydrogen) atoms. The summed E-state index contributed by atoms with van der Waals surface area (Å²) in [4.78, 5) is 28.4. The molecule has 8 heteroatoms. The fraction of sp³-hybridized carbons (Fsp3) is 0.214. The Bertz CT molecular complexity index is 1490. The Kier molecular flexibility index (Phi) is 6.41. The average molecular weight is 522 g/mol. The molecule has 0 N–H and O–H groups in total. The minimum Gasteiger partial charge on any atom is -0.497 e. The van der Waals surface area contributed by atoms with Crippen LogP contribution in [-0.4, -0.2) is 22.2 Å². The molecule has 0 radical (unpaired) electrons. The lowest BCUT2D eigenvalue weighted by molar-refractivity contribution is 0.0993. The standard InChI is InChI=1S/C28H25Cl2N3O3/c1-17(2)32-13-12-23-26(32)25(19-6-8-20(29)9-7-19)33(27(23)34)21-14-24(30)28(35)31(16-21)15-18-4-10-22(36-3)11-5-18/h4-14,16-17,25H,15H2,1-3H3. The van der Waals surface area contributed by atoms with Crippen molar-refractivity contribution in [2.24, 2.45) is 0 Å². The number of anilines is 1. The summed E-state index contributed by atoms with van der Waals surface area (Å²) in [6, 6.07) is 18.1. The second-order valence-electron chi connectivity index (χ2n) is 9.07. The molecule has 1 atom stereocenters. The van der Waals surface area contributed by atoms with Crippen LogP contribution in [0.15, 0.2) is 77.9 Å². The molecule has 5 rings (SSSR count). The highest BCUT2D eigenvalue weighted by molar-refractivity contribution is 6.31. The third-order valence-corrected chi connectivity index (χ3v) is 7.01. The van der Waals surface area contributed by atoms with Crippen molar-refractivity contribution in [2.75, 3.05) is 12.0 Å². The number of amides is 1. The fourth-order valence-corrected chi connectivity index (χ4v) is 5.07. The van der Waals surface area contributed by atoms with Crippen molar-refractivity contribution >= 4 is 34.8 Å². The number of rotatable bonds is 6. The van der Waals surface area contributed by atoms with Gasteiger partial charge in [0.05, 0.1) is 30.6 Å². The molecule has 0 saturated carbocycles. The SMILES string of the molecule is COc1ccc(Cn2cc(N3C(=O)c4ccn(C(C)C)c4C3c3ccc(Cl)cc3)cc(Cl)c2=O)cc1. The van der Waals surface area contributed by atoms with Gasteiger partial charge in [0.15, 0.2) is 0 Å². The van der Waals surface area contributed by atoms with Crippen LogP contribution in [-0.2, 0) is 6.54 Å². The lowest BCUT2D eigenvalue weighted by Gasteiger charge is -2.28. The summed E-state index contributed by atoms with van der Waals surface area (Å²) in [6.07, 6.45) is 3.65. The first-order valence-corrected chi connectivity index (χ1v) is 12.4. The first-order valence-electron chi connectivity index (χ1n) is 11.6. The van der Waals surface area contributed by atoms with E-state index in [-0.39, 0.29) is 22.5 Å². The number of pyridine rings is 1. The maximum atomic E-state index is 13.8. The summed E-state index contributed by atoms with van der Waals surface area (Å²) in [5.74, 6) is 0.588. The molecule has 3 heterocycles. The van der Waals surface area contributed by atoms with E-state index >= 15 is 0 Å². The second-order valence-corrected chi connectivity index (χ2v) is 9.92. The van der Waals surface area contributed by atoms with Crippen LogP contribution in [0.25, 0.3) is 0 Å². The van der Waals surface area contributed by atoms with Gasteiger partial charge in [-0.2, -0.15) is 0 Å². The lowest BCUT2D eigenvalue weighted by atomic mass is 10.0. The molecule has 4 aromatic rings. The number of nitrogens with zero attached hydrogens (tertiary/aromatic N) is 3. The minimum absolute atomic E-state index is 0.0481. The van der Waals surface area contributed by atoms with E-state index < -0.39 is 6.04 Å². The molecule has 0 fully saturated rings. The number of fused-ring (bicyclic) bond motifs is 1. The predicted octanol–water partition coefficient (Wildman–Crippen LogP) is 6.34. The van der Waals surface area contributed by atoms with Crippen LogP contribution < -0.4 is 15.2 Å². The molecular formula is C28H25Cl2N3O3. The highest BCUT2D eigenvalue weighted by atomic mass is 35.5. The Hall–Kier alpha value is -3.48. The Morgan fingerprint density at radius 2 is 1.67 bits per heavy atom. The Labute approximate surface area is 219 Å². The van der Waals surface area contributed by atoms with Crippen LogP contribution in [0.4, 0.5) is 5.69 Å². The summed E-state index contributed by atoms with van der Waals surface area (Å²) < 4.78 is 8.87. The molecule has 1 unspecified atom stereocenters. The van der Waals surface area contributed by atoms with Crippen molar-refractivity contribution in [2.45, 2.75) is 32.5 Å². The molecule has 1 aliphatic rings.